The molecular formula is C22H21Br2NO4. The number of benzene rings is 2. The summed E-state index contributed by atoms with van der Waals surface area (Å²) in [6, 6.07) is 9.47. The van der Waals surface area contributed by atoms with E-state index in [1.165, 1.54) is 43.1 Å². The van der Waals surface area contributed by atoms with Crippen LogP contribution in [0.3, 0.4) is 0 Å². The normalized spacial score (nSPS) is 14.8. The second-order valence-corrected chi connectivity index (χ2v) is 9.00. The summed E-state index contributed by atoms with van der Waals surface area (Å²) in [5.74, 6) is 1.39. The summed E-state index contributed by atoms with van der Waals surface area (Å²) < 4.78 is 12.8. The van der Waals surface area contributed by atoms with Crippen molar-refractivity contribution in [2.75, 3.05) is 6.61 Å². The number of fused-ring (bicyclic) bond motifs is 1. The van der Waals surface area contributed by atoms with Crippen LogP contribution in [0.25, 0.3) is 10.9 Å². The summed E-state index contributed by atoms with van der Waals surface area (Å²) in [7, 11) is 0. The minimum absolute atomic E-state index is 0.396. The van der Waals surface area contributed by atoms with Crippen LogP contribution in [0, 0.1) is 0 Å². The molecule has 0 saturated heterocycles. The summed E-state index contributed by atoms with van der Waals surface area (Å²) in [5, 5.41) is 9.98. The lowest BCUT2D eigenvalue weighted by Gasteiger charge is -2.21. The maximum atomic E-state index is 10.7. The van der Waals surface area contributed by atoms with Gasteiger partial charge >= 0.3 is 5.97 Å². The number of carbonyl (C=O) groups is 1. The van der Waals surface area contributed by atoms with Gasteiger partial charge in [-0.2, -0.15) is 0 Å². The van der Waals surface area contributed by atoms with Crippen LogP contribution in [0.4, 0.5) is 0 Å². The van der Waals surface area contributed by atoms with Gasteiger partial charge in [0.05, 0.1) is 8.95 Å². The van der Waals surface area contributed by atoms with Crippen molar-refractivity contribution in [1.29, 1.82) is 0 Å². The molecule has 29 heavy (non-hydrogen) atoms. The third-order valence-electron chi connectivity index (χ3n) is 5.28. The largest absolute Gasteiger partial charge is 0.482 e. The number of ether oxygens (including phenoxy) is 2. The molecule has 0 radical (unpaired) electrons. The van der Waals surface area contributed by atoms with Crippen LogP contribution >= 0.6 is 31.9 Å². The van der Waals surface area contributed by atoms with E-state index in [0.29, 0.717) is 26.4 Å². The summed E-state index contributed by atoms with van der Waals surface area (Å²) in [6.07, 6.45) is 8.56. The zero-order chi connectivity index (χ0) is 20.4. The Morgan fingerprint density at radius 2 is 1.79 bits per heavy atom. The molecule has 7 heteroatoms. The molecule has 1 fully saturated rings. The second kappa shape index (κ2) is 8.79. The molecule has 2 N–H and O–H groups in total. The predicted molar refractivity (Wildman–Crippen MR) is 119 cm³/mol. The van der Waals surface area contributed by atoms with Gasteiger partial charge in [0.2, 0.25) is 0 Å². The Morgan fingerprint density at radius 3 is 2.48 bits per heavy atom. The van der Waals surface area contributed by atoms with Crippen LogP contribution < -0.4 is 9.47 Å². The minimum atomic E-state index is -1.02. The maximum absolute atomic E-state index is 10.7. The van der Waals surface area contributed by atoms with Gasteiger partial charge in [-0.05, 0) is 86.5 Å². The average molecular weight is 523 g/mol. The topological polar surface area (TPSA) is 71.6 Å². The van der Waals surface area contributed by atoms with Crippen LogP contribution in [0.5, 0.6) is 17.2 Å². The first-order valence-corrected chi connectivity index (χ1v) is 11.2. The van der Waals surface area contributed by atoms with Crippen LogP contribution in [0.1, 0.15) is 43.6 Å². The van der Waals surface area contributed by atoms with Gasteiger partial charge in [0.25, 0.3) is 0 Å². The van der Waals surface area contributed by atoms with Gasteiger partial charge in [0.15, 0.2) is 12.4 Å². The third kappa shape index (κ3) is 4.61. The van der Waals surface area contributed by atoms with E-state index in [1.54, 1.807) is 12.1 Å². The van der Waals surface area contributed by atoms with Gasteiger partial charge in [-0.15, -0.1) is 0 Å². The molecule has 5 nitrogen and oxygen atoms in total. The van der Waals surface area contributed by atoms with Crippen LogP contribution in [0.2, 0.25) is 0 Å². The Bertz CT molecular complexity index is 1020. The first-order chi connectivity index (χ1) is 14.0. The van der Waals surface area contributed by atoms with Crippen LogP contribution in [-0.2, 0) is 4.79 Å². The van der Waals surface area contributed by atoms with Crippen molar-refractivity contribution >= 4 is 48.7 Å². The standard InChI is InChI=1S/C22H21Br2NO4/c23-18-9-15(28-12-21(26)27)10-19(24)22(18)29-14-6-7-20-16(8-14)17(11-25-20)13-4-2-1-3-5-13/h6-11,13,25H,1-5,12H2,(H,26,27). The number of aromatic amines is 1. The number of carboxylic acids is 1. The van der Waals surface area contributed by atoms with Crippen molar-refractivity contribution in [3.8, 4) is 17.2 Å². The summed E-state index contributed by atoms with van der Waals surface area (Å²) in [5.41, 5.74) is 2.49. The summed E-state index contributed by atoms with van der Waals surface area (Å²) in [4.78, 5) is 14.1. The highest BCUT2D eigenvalue weighted by molar-refractivity contribution is 9.11. The molecule has 0 atom stereocenters. The van der Waals surface area contributed by atoms with Gasteiger partial charge in [-0.1, -0.05) is 19.3 Å². The number of carboxylic acid groups (broad SMARTS) is 1. The Balaban J connectivity index is 1.60. The first kappa shape index (κ1) is 20.3. The maximum Gasteiger partial charge on any atom is 0.341 e. The lowest BCUT2D eigenvalue weighted by Crippen LogP contribution is -2.09. The number of aliphatic carboxylic acids is 1. The Hall–Kier alpha value is -1.99. The molecule has 0 aliphatic heterocycles. The molecule has 4 rings (SSSR count). The number of halogens is 2. The van der Waals surface area contributed by atoms with Crippen LogP contribution in [0.15, 0.2) is 45.5 Å². The molecule has 1 saturated carbocycles. The molecule has 1 aliphatic carbocycles. The number of aromatic nitrogens is 1. The zero-order valence-electron chi connectivity index (χ0n) is 15.7. The summed E-state index contributed by atoms with van der Waals surface area (Å²) in [6.45, 7) is -0.396. The fraction of sp³-hybridized carbons (Fsp3) is 0.318. The van der Waals surface area contributed by atoms with E-state index < -0.39 is 12.6 Å². The van der Waals surface area contributed by atoms with Gasteiger partial charge in [-0.25, -0.2) is 4.79 Å². The predicted octanol–water partition coefficient (Wildman–Crippen LogP) is 7.00. The molecule has 0 unspecified atom stereocenters. The molecule has 0 bridgehead atoms. The third-order valence-corrected chi connectivity index (χ3v) is 6.46. The first-order valence-electron chi connectivity index (χ1n) is 9.64. The molecule has 1 aromatic heterocycles. The van der Waals surface area contributed by atoms with Crippen LogP contribution in [-0.4, -0.2) is 22.7 Å². The number of nitrogens with one attached hydrogen (secondary N) is 1. The van der Waals surface area contributed by atoms with Crippen molar-refractivity contribution in [3.63, 3.8) is 0 Å². The number of hydrogen-bond acceptors (Lipinski definition) is 3. The van der Waals surface area contributed by atoms with Gasteiger partial charge < -0.3 is 19.6 Å². The lowest BCUT2D eigenvalue weighted by atomic mass is 9.84. The molecule has 0 amide bonds. The molecular weight excluding hydrogens is 502 g/mol. The lowest BCUT2D eigenvalue weighted by molar-refractivity contribution is -0.139. The fourth-order valence-corrected chi connectivity index (χ4v) is 5.22. The van der Waals surface area contributed by atoms with Crippen molar-refractivity contribution < 1.29 is 19.4 Å². The molecule has 2 aromatic carbocycles. The van der Waals surface area contributed by atoms with E-state index >= 15 is 0 Å². The molecule has 3 aromatic rings. The summed E-state index contributed by atoms with van der Waals surface area (Å²) >= 11 is 6.99. The van der Waals surface area contributed by atoms with E-state index in [4.69, 9.17) is 14.6 Å². The van der Waals surface area contributed by atoms with Gasteiger partial charge in [-0.3, -0.25) is 0 Å². The van der Waals surface area contributed by atoms with E-state index in [0.717, 1.165) is 11.3 Å². The molecule has 152 valence electrons. The number of hydrogen-bond donors (Lipinski definition) is 2. The van der Waals surface area contributed by atoms with Crippen molar-refractivity contribution in [1.82, 2.24) is 4.98 Å². The molecule has 1 heterocycles. The quantitative estimate of drug-likeness (QED) is 0.365. The number of rotatable bonds is 6. The number of H-pyrrole nitrogens is 1. The highest BCUT2D eigenvalue weighted by Crippen LogP contribution is 2.42. The van der Waals surface area contributed by atoms with Gasteiger partial charge in [0.1, 0.15) is 11.5 Å². The fourth-order valence-electron chi connectivity index (χ4n) is 3.92. The highest BCUT2D eigenvalue weighted by Gasteiger charge is 2.19. The minimum Gasteiger partial charge on any atom is -0.482 e. The molecule has 0 spiro atoms. The smallest absolute Gasteiger partial charge is 0.341 e. The van der Waals surface area contributed by atoms with E-state index in [2.05, 4.69) is 49.1 Å². The second-order valence-electron chi connectivity index (χ2n) is 7.29. The van der Waals surface area contributed by atoms with Crippen molar-refractivity contribution in [2.45, 2.75) is 38.0 Å². The molecule has 1 aliphatic rings. The van der Waals surface area contributed by atoms with Crippen molar-refractivity contribution in [2.24, 2.45) is 0 Å². The SMILES string of the molecule is O=C(O)COc1cc(Br)c(Oc2ccc3[nH]cc(C4CCCCC4)c3c2)c(Br)c1. The monoisotopic (exact) mass is 521 g/mol. The van der Waals surface area contributed by atoms with E-state index in [1.807, 2.05) is 12.1 Å². The van der Waals surface area contributed by atoms with E-state index in [-0.39, 0.29) is 0 Å². The average Bonchev–Trinajstić information content (AvgIpc) is 3.13. The van der Waals surface area contributed by atoms with Gasteiger partial charge in [0, 0.05) is 17.1 Å². The Morgan fingerprint density at radius 1 is 1.07 bits per heavy atom. The highest BCUT2D eigenvalue weighted by atomic mass is 79.9. The zero-order valence-corrected chi connectivity index (χ0v) is 18.9. The Kier molecular flexibility index (Phi) is 6.15. The van der Waals surface area contributed by atoms with E-state index in [9.17, 15) is 4.79 Å². The Labute approximate surface area is 185 Å². The van der Waals surface area contributed by atoms with Crippen molar-refractivity contribution in [3.05, 3.63) is 51.0 Å².